The molecule has 24 heavy (non-hydrogen) atoms. The number of para-hydroxylation sites is 1. The van der Waals surface area contributed by atoms with Crippen LogP contribution in [0.15, 0.2) is 59.9 Å². The summed E-state index contributed by atoms with van der Waals surface area (Å²) < 4.78 is 5.83. The summed E-state index contributed by atoms with van der Waals surface area (Å²) in [5.74, 6) is 1.31. The van der Waals surface area contributed by atoms with Crippen LogP contribution in [0.25, 0.3) is 0 Å². The molecule has 1 heterocycles. The molecule has 0 saturated heterocycles. The van der Waals surface area contributed by atoms with Crippen molar-refractivity contribution in [1.29, 1.82) is 5.26 Å². The van der Waals surface area contributed by atoms with Crippen LogP contribution in [0.2, 0.25) is 0 Å². The smallest absolute Gasteiger partial charge is 0.209 e. The van der Waals surface area contributed by atoms with Crippen LogP contribution in [0.5, 0.6) is 5.75 Å². The van der Waals surface area contributed by atoms with E-state index in [1.807, 2.05) is 55.6 Å². The molecular formula is C18H21N5O. The normalized spacial score (nSPS) is 12.1. The summed E-state index contributed by atoms with van der Waals surface area (Å²) in [4.78, 5) is 8.33. The molecule has 2 aromatic rings. The average molecular weight is 323 g/mol. The fourth-order valence-corrected chi connectivity index (χ4v) is 2.10. The van der Waals surface area contributed by atoms with Gasteiger partial charge in [-0.05, 0) is 44.0 Å². The van der Waals surface area contributed by atoms with Crippen molar-refractivity contribution in [3.05, 3.63) is 54.9 Å². The third-order valence-corrected chi connectivity index (χ3v) is 3.24. The first-order chi connectivity index (χ1) is 11.8. The molecule has 0 spiro atoms. The zero-order valence-electron chi connectivity index (χ0n) is 13.6. The Hall–Kier alpha value is -3.07. The number of pyridine rings is 1. The van der Waals surface area contributed by atoms with Gasteiger partial charge in [0.25, 0.3) is 0 Å². The third-order valence-electron chi connectivity index (χ3n) is 3.24. The van der Waals surface area contributed by atoms with E-state index in [4.69, 9.17) is 10.00 Å². The van der Waals surface area contributed by atoms with Crippen molar-refractivity contribution < 1.29 is 4.74 Å². The van der Waals surface area contributed by atoms with Crippen LogP contribution in [0.3, 0.4) is 0 Å². The van der Waals surface area contributed by atoms with Crippen molar-refractivity contribution in [1.82, 2.24) is 10.3 Å². The number of ether oxygens (including phenoxy) is 1. The largest absolute Gasteiger partial charge is 0.491 e. The van der Waals surface area contributed by atoms with E-state index in [1.165, 1.54) is 0 Å². The summed E-state index contributed by atoms with van der Waals surface area (Å²) >= 11 is 0. The van der Waals surface area contributed by atoms with Crippen molar-refractivity contribution in [3.8, 4) is 11.9 Å². The Morgan fingerprint density at radius 1 is 1.25 bits per heavy atom. The molecule has 0 radical (unpaired) electrons. The van der Waals surface area contributed by atoms with Gasteiger partial charge >= 0.3 is 0 Å². The maximum absolute atomic E-state index is 8.81. The molecular weight excluding hydrogens is 302 g/mol. The van der Waals surface area contributed by atoms with Crippen LogP contribution >= 0.6 is 0 Å². The van der Waals surface area contributed by atoms with Crippen LogP contribution in [0.1, 0.15) is 19.8 Å². The Bertz CT molecular complexity index is 667. The summed E-state index contributed by atoms with van der Waals surface area (Å²) in [6.45, 7) is 2.64. The minimum absolute atomic E-state index is 0.114. The van der Waals surface area contributed by atoms with Gasteiger partial charge in [-0.3, -0.25) is 15.3 Å². The second-order valence-electron chi connectivity index (χ2n) is 5.21. The lowest BCUT2D eigenvalue weighted by atomic mass is 10.2. The monoisotopic (exact) mass is 323 g/mol. The summed E-state index contributed by atoms with van der Waals surface area (Å²) in [5, 5.41) is 14.4. The number of nitrogens with zero attached hydrogens (tertiary/aromatic N) is 3. The van der Waals surface area contributed by atoms with E-state index in [0.717, 1.165) is 24.3 Å². The molecule has 0 aliphatic carbocycles. The predicted molar refractivity (Wildman–Crippen MR) is 94.7 cm³/mol. The first-order valence-corrected chi connectivity index (χ1v) is 7.86. The van der Waals surface area contributed by atoms with Gasteiger partial charge in [0.15, 0.2) is 6.19 Å². The minimum atomic E-state index is 0.114. The highest BCUT2D eigenvalue weighted by Crippen LogP contribution is 2.13. The molecule has 0 amide bonds. The fourth-order valence-electron chi connectivity index (χ4n) is 2.10. The van der Waals surface area contributed by atoms with Crippen molar-refractivity contribution in [3.63, 3.8) is 0 Å². The molecule has 0 fully saturated rings. The highest BCUT2D eigenvalue weighted by molar-refractivity contribution is 5.94. The van der Waals surface area contributed by atoms with E-state index in [1.54, 1.807) is 12.4 Å². The second-order valence-corrected chi connectivity index (χ2v) is 5.21. The van der Waals surface area contributed by atoms with Gasteiger partial charge in [0.2, 0.25) is 5.96 Å². The number of aromatic nitrogens is 1. The number of hydrogen-bond donors (Lipinski definition) is 2. The van der Waals surface area contributed by atoms with Crippen LogP contribution in [-0.4, -0.2) is 23.6 Å². The van der Waals surface area contributed by atoms with Crippen LogP contribution in [-0.2, 0) is 0 Å². The summed E-state index contributed by atoms with van der Waals surface area (Å²) in [6, 6.07) is 13.4. The highest BCUT2D eigenvalue weighted by Gasteiger charge is 2.04. The number of benzene rings is 1. The first-order valence-electron chi connectivity index (χ1n) is 7.86. The minimum Gasteiger partial charge on any atom is -0.491 e. The average Bonchev–Trinajstić information content (AvgIpc) is 2.60. The molecule has 1 aromatic heterocycles. The van der Waals surface area contributed by atoms with E-state index in [2.05, 4.69) is 20.6 Å². The molecule has 6 nitrogen and oxygen atoms in total. The Morgan fingerprint density at radius 2 is 2.00 bits per heavy atom. The van der Waals surface area contributed by atoms with Gasteiger partial charge in [0, 0.05) is 24.6 Å². The van der Waals surface area contributed by atoms with E-state index in [9.17, 15) is 0 Å². The first kappa shape index (κ1) is 17.3. The number of nitrogens with one attached hydrogen (secondary N) is 2. The molecule has 0 bridgehead atoms. The van der Waals surface area contributed by atoms with Crippen molar-refractivity contribution in [2.75, 3.05) is 11.9 Å². The molecule has 1 unspecified atom stereocenters. The van der Waals surface area contributed by atoms with Gasteiger partial charge in [0.1, 0.15) is 5.75 Å². The zero-order chi connectivity index (χ0) is 17.0. The molecule has 1 atom stereocenters. The summed E-state index contributed by atoms with van der Waals surface area (Å²) in [7, 11) is 0. The molecule has 2 N–H and O–H groups in total. The molecule has 2 rings (SSSR count). The number of aliphatic imine (C=N–C) groups is 1. The number of anilines is 1. The van der Waals surface area contributed by atoms with Gasteiger partial charge in [-0.15, -0.1) is 0 Å². The maximum Gasteiger partial charge on any atom is 0.209 e. The summed E-state index contributed by atoms with van der Waals surface area (Å²) in [6.07, 6.45) is 7.10. The molecule has 0 saturated carbocycles. The van der Waals surface area contributed by atoms with Crippen LogP contribution < -0.4 is 15.4 Å². The number of nitriles is 1. The lowest BCUT2D eigenvalue weighted by molar-refractivity contribution is 0.209. The topological polar surface area (TPSA) is 82.3 Å². The van der Waals surface area contributed by atoms with Crippen molar-refractivity contribution in [2.24, 2.45) is 4.99 Å². The van der Waals surface area contributed by atoms with Gasteiger partial charge in [-0.1, -0.05) is 18.2 Å². The van der Waals surface area contributed by atoms with Gasteiger partial charge in [-0.25, -0.2) is 0 Å². The van der Waals surface area contributed by atoms with Gasteiger partial charge in [-0.2, -0.15) is 5.26 Å². The second kappa shape index (κ2) is 9.85. The van der Waals surface area contributed by atoms with E-state index >= 15 is 0 Å². The Kier molecular flexibility index (Phi) is 7.09. The van der Waals surface area contributed by atoms with Crippen LogP contribution in [0, 0.1) is 11.5 Å². The highest BCUT2D eigenvalue weighted by atomic mass is 16.5. The van der Waals surface area contributed by atoms with E-state index in [-0.39, 0.29) is 6.10 Å². The van der Waals surface area contributed by atoms with E-state index in [0.29, 0.717) is 12.5 Å². The zero-order valence-corrected chi connectivity index (χ0v) is 13.6. The fraction of sp³-hybridized carbons (Fsp3) is 0.278. The third kappa shape index (κ3) is 6.36. The molecule has 1 aromatic carbocycles. The number of guanidine groups is 1. The molecule has 124 valence electrons. The number of hydrogen-bond acceptors (Lipinski definition) is 4. The predicted octanol–water partition coefficient (Wildman–Crippen LogP) is 3.17. The summed E-state index contributed by atoms with van der Waals surface area (Å²) in [5.41, 5.74) is 0.826. The lowest BCUT2D eigenvalue weighted by Gasteiger charge is -2.14. The van der Waals surface area contributed by atoms with Crippen molar-refractivity contribution in [2.45, 2.75) is 25.9 Å². The standard InChI is InChI=1S/C18H21N5O/c1-15(24-17-7-3-2-4-8-17)6-5-11-21-18(22-14-19)23-16-9-12-20-13-10-16/h2-4,7-10,12-13,15H,5-6,11H2,1H3,(H2,20,21,22,23). The lowest BCUT2D eigenvalue weighted by Crippen LogP contribution is -2.27. The molecule has 0 aliphatic rings. The Morgan fingerprint density at radius 3 is 2.71 bits per heavy atom. The van der Waals surface area contributed by atoms with Gasteiger partial charge in [0.05, 0.1) is 6.10 Å². The quantitative estimate of drug-likeness (QED) is 0.269. The maximum atomic E-state index is 8.81. The van der Waals surface area contributed by atoms with E-state index < -0.39 is 0 Å². The Balaban J connectivity index is 1.76. The van der Waals surface area contributed by atoms with Gasteiger partial charge < -0.3 is 10.1 Å². The SMILES string of the molecule is CC(CCCN=C(NC#N)Nc1ccncc1)Oc1ccccc1. The molecule has 6 heteroatoms. The number of rotatable bonds is 7. The van der Waals surface area contributed by atoms with Crippen LogP contribution in [0.4, 0.5) is 5.69 Å². The Labute approximate surface area is 142 Å². The van der Waals surface area contributed by atoms with Crippen molar-refractivity contribution >= 4 is 11.6 Å². The molecule has 0 aliphatic heterocycles.